The second kappa shape index (κ2) is 9.22. The summed E-state index contributed by atoms with van der Waals surface area (Å²) in [6, 6.07) is 2.58. The van der Waals surface area contributed by atoms with E-state index in [2.05, 4.69) is 5.32 Å². The number of amides is 2. The summed E-state index contributed by atoms with van der Waals surface area (Å²) in [7, 11) is -3.87. The van der Waals surface area contributed by atoms with Crippen molar-refractivity contribution in [3.63, 3.8) is 0 Å². The molecule has 1 N–H and O–H groups in total. The highest BCUT2D eigenvalue weighted by atomic mass is 35.5. The van der Waals surface area contributed by atoms with Crippen LogP contribution in [0, 0.1) is 5.92 Å². The third-order valence-electron chi connectivity index (χ3n) is 4.98. The number of hydrogen-bond donors (Lipinski definition) is 1. The van der Waals surface area contributed by atoms with Gasteiger partial charge in [0.2, 0.25) is 5.91 Å². The monoisotopic (exact) mass is 458 g/mol. The van der Waals surface area contributed by atoms with Crippen molar-refractivity contribution in [2.45, 2.75) is 31.1 Å². The summed E-state index contributed by atoms with van der Waals surface area (Å²) in [5.74, 6) is -1.65. The van der Waals surface area contributed by atoms with Gasteiger partial charge in [0.15, 0.2) is 16.4 Å². The first-order chi connectivity index (χ1) is 14.2. The van der Waals surface area contributed by atoms with Crippen LogP contribution in [-0.4, -0.2) is 63.2 Å². The first-order valence-electron chi connectivity index (χ1n) is 9.64. The van der Waals surface area contributed by atoms with Crippen molar-refractivity contribution in [3.05, 3.63) is 17.2 Å². The van der Waals surface area contributed by atoms with Gasteiger partial charge in [-0.3, -0.25) is 14.4 Å². The zero-order chi connectivity index (χ0) is 21.9. The van der Waals surface area contributed by atoms with Crippen LogP contribution >= 0.6 is 11.6 Å². The summed E-state index contributed by atoms with van der Waals surface area (Å²) < 4.78 is 35.8. The molecule has 0 spiro atoms. The van der Waals surface area contributed by atoms with Gasteiger partial charge >= 0.3 is 5.97 Å². The number of ether oxygens (including phenoxy) is 2. The Hall–Kier alpha value is -2.33. The molecule has 0 saturated carbocycles. The number of rotatable bonds is 6. The fourth-order valence-corrected chi connectivity index (χ4v) is 5.29. The highest BCUT2D eigenvalue weighted by Crippen LogP contribution is 2.36. The quantitative estimate of drug-likeness (QED) is 0.643. The average Bonchev–Trinajstić information content (AvgIpc) is 2.71. The number of hydrogen-bond acceptors (Lipinski definition) is 7. The predicted octanol–water partition coefficient (Wildman–Crippen LogP) is 1.64. The number of sulfone groups is 1. The second-order valence-electron chi connectivity index (χ2n) is 7.12. The summed E-state index contributed by atoms with van der Waals surface area (Å²) in [5, 5.41) is 2.49. The number of piperidine rings is 1. The minimum atomic E-state index is -3.87. The third kappa shape index (κ3) is 5.04. The molecule has 164 valence electrons. The van der Waals surface area contributed by atoms with Crippen LogP contribution in [0.1, 0.15) is 26.2 Å². The first kappa shape index (κ1) is 22.4. The van der Waals surface area contributed by atoms with Gasteiger partial charge in [-0.1, -0.05) is 11.6 Å². The van der Waals surface area contributed by atoms with Crippen LogP contribution in [0.3, 0.4) is 0 Å². The molecule has 30 heavy (non-hydrogen) atoms. The van der Waals surface area contributed by atoms with Crippen molar-refractivity contribution in [1.29, 1.82) is 0 Å². The van der Waals surface area contributed by atoms with Gasteiger partial charge in [0, 0.05) is 25.6 Å². The van der Waals surface area contributed by atoms with E-state index in [0.717, 1.165) is 0 Å². The minimum Gasteiger partial charge on any atom is -0.482 e. The third-order valence-corrected chi connectivity index (χ3v) is 7.15. The summed E-state index contributed by atoms with van der Waals surface area (Å²) >= 11 is 6.11. The van der Waals surface area contributed by atoms with E-state index in [1.807, 2.05) is 0 Å². The van der Waals surface area contributed by atoms with Crippen molar-refractivity contribution in [1.82, 2.24) is 4.90 Å². The molecule has 1 aromatic carbocycles. The molecule has 0 aromatic heterocycles. The molecule has 0 radical (unpaired) electrons. The first-order valence-corrected chi connectivity index (χ1v) is 11.7. The Morgan fingerprint density at radius 1 is 1.37 bits per heavy atom. The van der Waals surface area contributed by atoms with E-state index in [-0.39, 0.29) is 65.5 Å². The summed E-state index contributed by atoms with van der Waals surface area (Å²) in [6.07, 6.45) is 1.06. The normalized spacial score (nSPS) is 18.8. The van der Waals surface area contributed by atoms with Gasteiger partial charge in [-0.05, 0) is 25.8 Å². The maximum Gasteiger partial charge on any atom is 0.310 e. The van der Waals surface area contributed by atoms with E-state index in [4.69, 9.17) is 21.1 Å². The largest absolute Gasteiger partial charge is 0.482 e. The van der Waals surface area contributed by atoms with Crippen LogP contribution in [-0.2, 0) is 29.0 Å². The number of carbonyl (C=O) groups is 3. The van der Waals surface area contributed by atoms with E-state index in [0.29, 0.717) is 25.1 Å². The summed E-state index contributed by atoms with van der Waals surface area (Å²) in [5.41, 5.74) is 0.296. The second-order valence-corrected chi connectivity index (χ2v) is 9.60. The lowest BCUT2D eigenvalue weighted by Gasteiger charge is -2.31. The maximum absolute atomic E-state index is 12.8. The van der Waals surface area contributed by atoms with E-state index in [1.54, 1.807) is 6.92 Å². The number of anilines is 1. The molecular formula is C19H23ClN2O7S. The van der Waals surface area contributed by atoms with Gasteiger partial charge in [-0.15, -0.1) is 0 Å². The van der Waals surface area contributed by atoms with Gasteiger partial charge in [-0.2, -0.15) is 0 Å². The number of halogens is 1. The highest BCUT2D eigenvalue weighted by Gasteiger charge is 2.31. The van der Waals surface area contributed by atoms with Gasteiger partial charge in [-0.25, -0.2) is 8.42 Å². The van der Waals surface area contributed by atoms with Gasteiger partial charge in [0.05, 0.1) is 33.9 Å². The zero-order valence-electron chi connectivity index (χ0n) is 16.5. The fourth-order valence-electron chi connectivity index (χ4n) is 3.47. The van der Waals surface area contributed by atoms with Crippen LogP contribution in [0.15, 0.2) is 17.0 Å². The molecule has 2 heterocycles. The topological polar surface area (TPSA) is 119 Å². The number of carbonyl (C=O) groups excluding carboxylic acids is 3. The van der Waals surface area contributed by atoms with E-state index in [9.17, 15) is 22.8 Å². The molecular weight excluding hydrogens is 436 g/mol. The van der Waals surface area contributed by atoms with Crippen molar-refractivity contribution in [2.75, 3.05) is 37.4 Å². The maximum atomic E-state index is 12.8. The van der Waals surface area contributed by atoms with Gasteiger partial charge in [0.1, 0.15) is 5.75 Å². The molecule has 0 aliphatic carbocycles. The number of likely N-dealkylation sites (tertiary alicyclic amines) is 1. The minimum absolute atomic E-state index is 0.0626. The Bertz CT molecular complexity index is 964. The Morgan fingerprint density at radius 2 is 2.13 bits per heavy atom. The van der Waals surface area contributed by atoms with Crippen LogP contribution in [0.5, 0.6) is 5.75 Å². The lowest BCUT2D eigenvalue weighted by Crippen LogP contribution is -2.43. The number of nitrogens with zero attached hydrogens (tertiary/aromatic N) is 1. The molecule has 0 bridgehead atoms. The molecule has 9 nitrogen and oxygen atoms in total. The van der Waals surface area contributed by atoms with Gasteiger partial charge in [0.25, 0.3) is 5.91 Å². The fraction of sp³-hybridized carbons (Fsp3) is 0.526. The van der Waals surface area contributed by atoms with Crippen molar-refractivity contribution < 1.29 is 32.3 Å². The summed E-state index contributed by atoms with van der Waals surface area (Å²) in [4.78, 5) is 37.2. The Morgan fingerprint density at radius 3 is 2.87 bits per heavy atom. The molecule has 1 aromatic rings. The number of nitrogens with one attached hydrogen (secondary N) is 1. The number of fused-ring (bicyclic) bond motifs is 1. The predicted molar refractivity (Wildman–Crippen MR) is 108 cm³/mol. The molecule has 1 fully saturated rings. The van der Waals surface area contributed by atoms with E-state index >= 15 is 0 Å². The van der Waals surface area contributed by atoms with Crippen LogP contribution < -0.4 is 10.1 Å². The zero-order valence-corrected chi connectivity index (χ0v) is 18.1. The van der Waals surface area contributed by atoms with E-state index in [1.165, 1.54) is 17.0 Å². The lowest BCUT2D eigenvalue weighted by molar-refractivity contribution is -0.151. The lowest BCUT2D eigenvalue weighted by atomic mass is 9.98. The number of benzene rings is 1. The van der Waals surface area contributed by atoms with E-state index < -0.39 is 15.6 Å². The Kier molecular flexibility index (Phi) is 6.87. The van der Waals surface area contributed by atoms with Crippen molar-refractivity contribution in [3.8, 4) is 5.75 Å². The highest BCUT2D eigenvalue weighted by molar-refractivity contribution is 7.91. The van der Waals surface area contributed by atoms with Crippen LogP contribution in [0.2, 0.25) is 5.02 Å². The smallest absolute Gasteiger partial charge is 0.310 e. The Balaban J connectivity index is 1.65. The Labute approximate surface area is 179 Å². The van der Waals surface area contributed by atoms with Crippen LogP contribution in [0.4, 0.5) is 5.69 Å². The van der Waals surface area contributed by atoms with Gasteiger partial charge < -0.3 is 19.7 Å². The van der Waals surface area contributed by atoms with Crippen molar-refractivity contribution in [2.24, 2.45) is 5.92 Å². The molecule has 2 aliphatic heterocycles. The molecule has 1 atom stereocenters. The number of esters is 1. The van der Waals surface area contributed by atoms with Crippen LogP contribution in [0.25, 0.3) is 0 Å². The average molecular weight is 459 g/mol. The molecule has 2 amide bonds. The van der Waals surface area contributed by atoms with Crippen molar-refractivity contribution >= 4 is 44.9 Å². The molecule has 11 heteroatoms. The molecule has 3 rings (SSSR count). The molecule has 2 aliphatic rings. The SMILES string of the molecule is CCOC(=O)C1CCCN(C(=O)CCS(=O)(=O)c2cc3c(cc2Cl)NC(=O)CO3)C1. The standard InChI is InChI=1S/C19H23ClN2O7S/c1-2-28-19(25)12-4-3-6-22(10-12)18(24)5-7-30(26,27)16-9-15-14(8-13(16)20)21-17(23)11-29-15/h8-9,12H,2-7,10-11H2,1H3,(H,21,23). The molecule has 1 saturated heterocycles. The molecule has 1 unspecified atom stereocenters. The summed E-state index contributed by atoms with van der Waals surface area (Å²) in [6.45, 7) is 2.48.